The number of aromatic nitrogens is 4. The highest BCUT2D eigenvalue weighted by Gasteiger charge is 2.26. The van der Waals surface area contributed by atoms with Gasteiger partial charge in [0.05, 0.1) is 17.8 Å². The van der Waals surface area contributed by atoms with Crippen LogP contribution >= 0.6 is 0 Å². The Balaban J connectivity index is 1.54. The number of carbonyl (C=O) groups excluding carboxylic acids is 1. The summed E-state index contributed by atoms with van der Waals surface area (Å²) in [5, 5.41) is 10.7. The first-order chi connectivity index (χ1) is 12.9. The van der Waals surface area contributed by atoms with Gasteiger partial charge in [-0.1, -0.05) is 17.3 Å². The van der Waals surface area contributed by atoms with E-state index >= 15 is 0 Å². The lowest BCUT2D eigenvalue weighted by Crippen LogP contribution is -2.27. The van der Waals surface area contributed by atoms with E-state index in [1.165, 1.54) is 0 Å². The Labute approximate surface area is 153 Å². The molecule has 1 amide bonds. The number of fused-ring (bicyclic) bond motifs is 1. The van der Waals surface area contributed by atoms with Gasteiger partial charge in [-0.25, -0.2) is 0 Å². The third kappa shape index (κ3) is 3.09. The number of aryl methyl sites for hydroxylation is 2. The minimum atomic E-state index is -2.80. The Morgan fingerprint density at radius 2 is 2.22 bits per heavy atom. The maximum Gasteiger partial charge on any atom is 0.315 e. The highest BCUT2D eigenvalue weighted by atomic mass is 19.3. The first kappa shape index (κ1) is 17.3. The monoisotopic (exact) mass is 373 g/mol. The van der Waals surface area contributed by atoms with E-state index in [2.05, 4.69) is 25.1 Å². The van der Waals surface area contributed by atoms with Crippen molar-refractivity contribution in [2.24, 2.45) is 7.05 Å². The lowest BCUT2D eigenvalue weighted by atomic mass is 10.0. The molecule has 0 spiro atoms. The molecule has 0 fully saturated rings. The van der Waals surface area contributed by atoms with Crippen molar-refractivity contribution >= 4 is 5.91 Å². The molecule has 0 radical (unpaired) electrons. The molecule has 1 aromatic carbocycles. The largest absolute Gasteiger partial charge is 0.345 e. The second kappa shape index (κ2) is 6.57. The van der Waals surface area contributed by atoms with Crippen LogP contribution in [0.2, 0.25) is 0 Å². The van der Waals surface area contributed by atoms with Crippen LogP contribution < -0.4 is 5.32 Å². The van der Waals surface area contributed by atoms with Crippen LogP contribution in [-0.2, 0) is 13.5 Å². The molecule has 1 aliphatic carbocycles. The number of nitrogens with one attached hydrogen (secondary N) is 1. The minimum Gasteiger partial charge on any atom is -0.345 e. The fraction of sp³-hybridized carbons (Fsp3) is 0.333. The van der Waals surface area contributed by atoms with Crippen LogP contribution in [0.1, 0.15) is 52.0 Å². The van der Waals surface area contributed by atoms with Crippen LogP contribution in [0.3, 0.4) is 0 Å². The molecule has 0 bridgehead atoms. The number of hydrogen-bond donors (Lipinski definition) is 1. The number of nitrogens with zero attached hydrogens (tertiary/aromatic N) is 4. The maximum atomic E-state index is 12.6. The summed E-state index contributed by atoms with van der Waals surface area (Å²) >= 11 is 0. The van der Waals surface area contributed by atoms with Crippen molar-refractivity contribution in [3.63, 3.8) is 0 Å². The molecule has 0 saturated carbocycles. The molecule has 140 valence electrons. The van der Waals surface area contributed by atoms with Crippen LogP contribution in [0.25, 0.3) is 11.4 Å². The van der Waals surface area contributed by atoms with Gasteiger partial charge in [-0.3, -0.25) is 9.48 Å². The summed E-state index contributed by atoms with van der Waals surface area (Å²) in [6.07, 6.45) is 0.287. The molecule has 3 aromatic rings. The number of benzene rings is 1. The lowest BCUT2D eigenvalue weighted by Gasteiger charge is -2.14. The Morgan fingerprint density at radius 1 is 1.41 bits per heavy atom. The molecule has 2 heterocycles. The van der Waals surface area contributed by atoms with Gasteiger partial charge in [-0.15, -0.1) is 0 Å². The normalized spacial score (nSPS) is 16.0. The number of rotatable bonds is 4. The average molecular weight is 373 g/mol. The Morgan fingerprint density at radius 3 is 2.89 bits per heavy atom. The molecule has 7 nitrogen and oxygen atoms in total. The zero-order valence-electron chi connectivity index (χ0n) is 14.7. The molecule has 0 saturated heterocycles. The van der Waals surface area contributed by atoms with E-state index in [1.807, 2.05) is 19.1 Å². The highest BCUT2D eigenvalue weighted by molar-refractivity contribution is 5.95. The topological polar surface area (TPSA) is 85.8 Å². The van der Waals surface area contributed by atoms with E-state index in [4.69, 9.17) is 0 Å². The molecule has 4 rings (SSSR count). The van der Waals surface area contributed by atoms with Gasteiger partial charge in [0, 0.05) is 18.3 Å². The predicted molar refractivity (Wildman–Crippen MR) is 91.2 cm³/mol. The van der Waals surface area contributed by atoms with E-state index in [0.717, 1.165) is 29.7 Å². The summed E-state index contributed by atoms with van der Waals surface area (Å²) in [6.45, 7) is 1.84. The Kier molecular flexibility index (Phi) is 4.21. The van der Waals surface area contributed by atoms with E-state index in [-0.39, 0.29) is 17.8 Å². The zero-order chi connectivity index (χ0) is 19.1. The summed E-state index contributed by atoms with van der Waals surface area (Å²) in [7, 11) is 1.79. The zero-order valence-corrected chi connectivity index (χ0v) is 14.7. The highest BCUT2D eigenvalue weighted by Crippen LogP contribution is 2.34. The van der Waals surface area contributed by atoms with Crippen LogP contribution in [-0.4, -0.2) is 25.8 Å². The van der Waals surface area contributed by atoms with Crippen molar-refractivity contribution in [2.45, 2.75) is 32.2 Å². The quantitative estimate of drug-likeness (QED) is 0.759. The first-order valence-corrected chi connectivity index (χ1v) is 8.48. The van der Waals surface area contributed by atoms with Gasteiger partial charge in [0.15, 0.2) is 0 Å². The van der Waals surface area contributed by atoms with Gasteiger partial charge < -0.3 is 9.84 Å². The average Bonchev–Trinajstić information content (AvgIpc) is 3.35. The predicted octanol–water partition coefficient (Wildman–Crippen LogP) is 3.13. The van der Waals surface area contributed by atoms with E-state index in [0.29, 0.717) is 11.1 Å². The summed E-state index contributed by atoms with van der Waals surface area (Å²) in [6, 6.07) is 5.37. The van der Waals surface area contributed by atoms with Crippen LogP contribution in [0.4, 0.5) is 8.78 Å². The molecule has 1 aliphatic rings. The molecule has 2 aromatic heterocycles. The van der Waals surface area contributed by atoms with Crippen molar-refractivity contribution in [3.8, 4) is 11.4 Å². The fourth-order valence-electron chi connectivity index (χ4n) is 3.31. The van der Waals surface area contributed by atoms with E-state index < -0.39 is 12.3 Å². The maximum absolute atomic E-state index is 12.6. The number of halogens is 2. The fourth-order valence-corrected chi connectivity index (χ4v) is 3.31. The molecule has 27 heavy (non-hydrogen) atoms. The van der Waals surface area contributed by atoms with Crippen LogP contribution in [0.5, 0.6) is 0 Å². The third-order valence-electron chi connectivity index (χ3n) is 4.89. The molecule has 0 unspecified atom stereocenters. The second-order valence-electron chi connectivity index (χ2n) is 6.50. The molecule has 1 atom stereocenters. The number of amides is 1. The van der Waals surface area contributed by atoms with Crippen molar-refractivity contribution < 1.29 is 18.1 Å². The smallest absolute Gasteiger partial charge is 0.315 e. The van der Waals surface area contributed by atoms with Gasteiger partial charge >= 0.3 is 6.43 Å². The number of hydrogen-bond acceptors (Lipinski definition) is 5. The van der Waals surface area contributed by atoms with Gasteiger partial charge in [-0.05, 0) is 37.0 Å². The molecule has 0 aliphatic heterocycles. The van der Waals surface area contributed by atoms with Crippen LogP contribution in [0, 0.1) is 6.92 Å². The lowest BCUT2D eigenvalue weighted by molar-refractivity contribution is 0.0936. The Hall–Kier alpha value is -3.10. The van der Waals surface area contributed by atoms with E-state index in [1.54, 1.807) is 24.0 Å². The van der Waals surface area contributed by atoms with Crippen molar-refractivity contribution in [1.29, 1.82) is 0 Å². The number of alkyl halides is 2. The SMILES string of the molecule is Cc1c(C(=O)N[C@@H]2CCc3cc(-c4noc(C(F)F)n4)ccc32)cnn1C. The summed E-state index contributed by atoms with van der Waals surface area (Å²) in [5.74, 6) is -0.726. The second-order valence-corrected chi connectivity index (χ2v) is 6.50. The van der Waals surface area contributed by atoms with E-state index in [9.17, 15) is 13.6 Å². The summed E-state index contributed by atoms with van der Waals surface area (Å²) < 4.78 is 31.4. The molecular weight excluding hydrogens is 356 g/mol. The molecular formula is C18H17F2N5O2. The van der Waals surface area contributed by atoms with Gasteiger partial charge in [-0.2, -0.15) is 18.9 Å². The molecule has 9 heteroatoms. The number of carbonyl (C=O) groups is 1. The summed E-state index contributed by atoms with van der Waals surface area (Å²) in [4.78, 5) is 16.2. The third-order valence-corrected chi connectivity index (χ3v) is 4.89. The van der Waals surface area contributed by atoms with Gasteiger partial charge in [0.25, 0.3) is 11.8 Å². The molecule has 1 N–H and O–H groups in total. The van der Waals surface area contributed by atoms with Gasteiger partial charge in [0.1, 0.15) is 0 Å². The van der Waals surface area contributed by atoms with Crippen molar-refractivity contribution in [2.75, 3.05) is 0 Å². The van der Waals surface area contributed by atoms with Crippen molar-refractivity contribution in [1.82, 2.24) is 25.2 Å². The van der Waals surface area contributed by atoms with Crippen molar-refractivity contribution in [3.05, 3.63) is 52.7 Å². The minimum absolute atomic E-state index is 0.108. The Bertz CT molecular complexity index is 1010. The standard InChI is InChI=1S/C18H17F2N5O2/c1-9-13(8-21-25(9)2)17(26)22-14-6-4-10-7-11(3-5-12(10)14)16-23-18(15(19)20)27-24-16/h3,5,7-8,14-15H,4,6H2,1-2H3,(H,22,26)/t14-/m1/s1. The van der Waals surface area contributed by atoms with Crippen LogP contribution in [0.15, 0.2) is 28.9 Å². The first-order valence-electron chi connectivity index (χ1n) is 8.48. The summed E-state index contributed by atoms with van der Waals surface area (Å²) in [5.41, 5.74) is 4.00. The van der Waals surface area contributed by atoms with Gasteiger partial charge in [0.2, 0.25) is 5.82 Å².